The Labute approximate surface area is 142 Å². The van der Waals surface area contributed by atoms with E-state index in [9.17, 15) is 18.3 Å². The number of carbonyl (C=O) groups is 1. The standard InChI is InChI=1S/C18H21NO4S/c1-13-4-8-15(9-5-13)12-17(18(20)21)19(3)24(22,23)16-10-6-14(2)7-11-16/h4-11,17H,12H2,1-3H3,(H,20,21)/t17-/m0/s1. The van der Waals surface area contributed by atoms with Gasteiger partial charge in [-0.25, -0.2) is 8.42 Å². The monoisotopic (exact) mass is 347 g/mol. The fourth-order valence-electron chi connectivity index (χ4n) is 2.36. The summed E-state index contributed by atoms with van der Waals surface area (Å²) in [6.07, 6.45) is 0.108. The molecule has 0 aromatic heterocycles. The van der Waals surface area contributed by atoms with Crippen molar-refractivity contribution in [1.29, 1.82) is 0 Å². The number of sulfonamides is 1. The van der Waals surface area contributed by atoms with E-state index in [0.717, 1.165) is 21.0 Å². The summed E-state index contributed by atoms with van der Waals surface area (Å²) in [5, 5.41) is 9.51. The van der Waals surface area contributed by atoms with Crippen LogP contribution in [0, 0.1) is 13.8 Å². The van der Waals surface area contributed by atoms with Gasteiger partial charge < -0.3 is 5.11 Å². The molecule has 2 aromatic rings. The number of carboxylic acid groups (broad SMARTS) is 1. The maximum Gasteiger partial charge on any atom is 0.322 e. The third kappa shape index (κ3) is 4.01. The van der Waals surface area contributed by atoms with Crippen LogP contribution in [0.15, 0.2) is 53.4 Å². The Morgan fingerprint density at radius 1 is 1.00 bits per heavy atom. The second-order valence-electron chi connectivity index (χ2n) is 5.88. The van der Waals surface area contributed by atoms with E-state index < -0.39 is 22.0 Å². The van der Waals surface area contributed by atoms with Crippen molar-refractivity contribution in [3.63, 3.8) is 0 Å². The van der Waals surface area contributed by atoms with E-state index in [1.54, 1.807) is 12.1 Å². The molecule has 1 atom stereocenters. The van der Waals surface area contributed by atoms with Crippen molar-refractivity contribution < 1.29 is 18.3 Å². The molecule has 0 radical (unpaired) electrons. The summed E-state index contributed by atoms with van der Waals surface area (Å²) >= 11 is 0. The predicted octanol–water partition coefficient (Wildman–Crippen LogP) is 2.62. The number of hydrogen-bond acceptors (Lipinski definition) is 3. The SMILES string of the molecule is Cc1ccc(C[C@@H](C(=O)O)N(C)S(=O)(=O)c2ccc(C)cc2)cc1. The Hall–Kier alpha value is -2.18. The van der Waals surface area contributed by atoms with Gasteiger partial charge in [0.15, 0.2) is 0 Å². The van der Waals surface area contributed by atoms with Crippen LogP contribution in [-0.4, -0.2) is 36.9 Å². The van der Waals surface area contributed by atoms with Gasteiger partial charge in [0.25, 0.3) is 0 Å². The number of carboxylic acids is 1. The lowest BCUT2D eigenvalue weighted by molar-refractivity contribution is -0.141. The lowest BCUT2D eigenvalue weighted by Crippen LogP contribution is -2.43. The largest absolute Gasteiger partial charge is 0.480 e. The molecule has 0 saturated carbocycles. The van der Waals surface area contributed by atoms with Crippen LogP contribution in [0.4, 0.5) is 0 Å². The van der Waals surface area contributed by atoms with E-state index >= 15 is 0 Å². The van der Waals surface area contributed by atoms with Crippen molar-refractivity contribution in [3.8, 4) is 0 Å². The van der Waals surface area contributed by atoms with Gasteiger partial charge in [0, 0.05) is 7.05 Å². The minimum Gasteiger partial charge on any atom is -0.480 e. The molecule has 1 N–H and O–H groups in total. The summed E-state index contributed by atoms with van der Waals surface area (Å²) in [4.78, 5) is 11.7. The Morgan fingerprint density at radius 3 is 1.92 bits per heavy atom. The van der Waals surface area contributed by atoms with Crippen molar-refractivity contribution in [3.05, 3.63) is 65.2 Å². The molecular formula is C18H21NO4S. The van der Waals surface area contributed by atoms with E-state index in [4.69, 9.17) is 0 Å². The van der Waals surface area contributed by atoms with Gasteiger partial charge in [0.2, 0.25) is 10.0 Å². The Morgan fingerprint density at radius 2 is 1.46 bits per heavy atom. The number of aliphatic carboxylic acids is 1. The minimum atomic E-state index is -3.88. The van der Waals surface area contributed by atoms with Crippen LogP contribution in [0.3, 0.4) is 0 Å². The number of rotatable bonds is 6. The maximum absolute atomic E-state index is 12.7. The summed E-state index contributed by atoms with van der Waals surface area (Å²) in [7, 11) is -2.57. The van der Waals surface area contributed by atoms with Crippen LogP contribution in [0.1, 0.15) is 16.7 Å². The van der Waals surface area contributed by atoms with Crippen molar-refractivity contribution in [2.45, 2.75) is 31.2 Å². The van der Waals surface area contributed by atoms with Crippen LogP contribution < -0.4 is 0 Å². The molecule has 0 bridgehead atoms. The molecule has 0 aliphatic heterocycles. The smallest absolute Gasteiger partial charge is 0.322 e. The number of benzene rings is 2. The van der Waals surface area contributed by atoms with Gasteiger partial charge in [-0.15, -0.1) is 0 Å². The molecule has 2 aromatic carbocycles. The molecular weight excluding hydrogens is 326 g/mol. The first-order chi connectivity index (χ1) is 11.2. The number of hydrogen-bond donors (Lipinski definition) is 1. The number of aryl methyl sites for hydroxylation is 2. The van der Waals surface area contributed by atoms with Gasteiger partial charge in [0.05, 0.1) is 4.90 Å². The van der Waals surface area contributed by atoms with E-state index in [2.05, 4.69) is 0 Å². The molecule has 0 fully saturated rings. The van der Waals surface area contributed by atoms with Crippen LogP contribution in [0.25, 0.3) is 0 Å². The average molecular weight is 347 g/mol. The molecule has 0 unspecified atom stereocenters. The third-order valence-corrected chi connectivity index (χ3v) is 5.85. The summed E-state index contributed by atoms with van der Waals surface area (Å²) in [5.41, 5.74) is 2.77. The molecule has 24 heavy (non-hydrogen) atoms. The zero-order chi connectivity index (χ0) is 17.9. The van der Waals surface area contributed by atoms with Gasteiger partial charge >= 0.3 is 5.97 Å². The highest BCUT2D eigenvalue weighted by molar-refractivity contribution is 7.89. The fourth-order valence-corrected chi connectivity index (χ4v) is 3.68. The van der Waals surface area contributed by atoms with Crippen LogP contribution in [-0.2, 0) is 21.2 Å². The van der Waals surface area contributed by atoms with E-state index in [0.29, 0.717) is 0 Å². The minimum absolute atomic E-state index is 0.0887. The quantitative estimate of drug-likeness (QED) is 0.872. The van der Waals surface area contributed by atoms with Gasteiger partial charge in [-0.1, -0.05) is 47.5 Å². The Bertz CT molecular complexity index is 811. The molecule has 0 amide bonds. The second-order valence-corrected chi connectivity index (χ2v) is 7.88. The highest BCUT2D eigenvalue weighted by Crippen LogP contribution is 2.20. The average Bonchev–Trinajstić information content (AvgIpc) is 2.53. The van der Waals surface area contributed by atoms with Gasteiger partial charge in [-0.3, -0.25) is 4.79 Å². The Kier molecular flexibility index (Phi) is 5.41. The summed E-state index contributed by atoms with van der Waals surface area (Å²) < 4.78 is 26.3. The predicted molar refractivity (Wildman–Crippen MR) is 92.4 cm³/mol. The molecule has 2 rings (SSSR count). The molecule has 0 heterocycles. The zero-order valence-electron chi connectivity index (χ0n) is 13.9. The van der Waals surface area contributed by atoms with E-state index in [1.807, 2.05) is 38.1 Å². The second kappa shape index (κ2) is 7.15. The van der Waals surface area contributed by atoms with Crippen LogP contribution >= 0.6 is 0 Å². The number of nitrogens with zero attached hydrogens (tertiary/aromatic N) is 1. The van der Waals surface area contributed by atoms with Crippen molar-refractivity contribution in [1.82, 2.24) is 4.31 Å². The first-order valence-electron chi connectivity index (χ1n) is 7.55. The van der Waals surface area contributed by atoms with Gasteiger partial charge in [-0.05, 0) is 38.0 Å². The third-order valence-electron chi connectivity index (χ3n) is 3.97. The topological polar surface area (TPSA) is 74.7 Å². The van der Waals surface area contributed by atoms with Gasteiger partial charge in [-0.2, -0.15) is 4.31 Å². The summed E-state index contributed by atoms with van der Waals surface area (Å²) in [6, 6.07) is 12.6. The van der Waals surface area contributed by atoms with Crippen molar-refractivity contribution in [2.75, 3.05) is 7.05 Å². The fraction of sp³-hybridized carbons (Fsp3) is 0.278. The lowest BCUT2D eigenvalue weighted by Gasteiger charge is -2.24. The zero-order valence-corrected chi connectivity index (χ0v) is 14.7. The first kappa shape index (κ1) is 18.2. The van der Waals surface area contributed by atoms with E-state index in [-0.39, 0.29) is 11.3 Å². The molecule has 0 spiro atoms. The normalized spacial score (nSPS) is 13.0. The summed E-state index contributed by atoms with van der Waals surface area (Å²) in [6.45, 7) is 3.80. The first-order valence-corrected chi connectivity index (χ1v) is 8.99. The molecule has 6 heteroatoms. The van der Waals surface area contributed by atoms with Crippen molar-refractivity contribution >= 4 is 16.0 Å². The van der Waals surface area contributed by atoms with Crippen molar-refractivity contribution in [2.24, 2.45) is 0 Å². The highest BCUT2D eigenvalue weighted by Gasteiger charge is 2.32. The van der Waals surface area contributed by atoms with Crippen LogP contribution in [0.5, 0.6) is 0 Å². The molecule has 0 aliphatic carbocycles. The highest BCUT2D eigenvalue weighted by atomic mass is 32.2. The van der Waals surface area contributed by atoms with Gasteiger partial charge in [0.1, 0.15) is 6.04 Å². The maximum atomic E-state index is 12.7. The molecule has 0 saturated heterocycles. The molecule has 128 valence electrons. The van der Waals surface area contributed by atoms with Crippen LogP contribution in [0.2, 0.25) is 0 Å². The molecule has 0 aliphatic rings. The summed E-state index contributed by atoms with van der Waals surface area (Å²) in [5.74, 6) is -1.17. The Balaban J connectivity index is 2.31. The van der Waals surface area contributed by atoms with E-state index in [1.165, 1.54) is 19.2 Å². The molecule has 5 nitrogen and oxygen atoms in total. The lowest BCUT2D eigenvalue weighted by atomic mass is 10.0. The number of likely N-dealkylation sites (N-methyl/N-ethyl adjacent to an activating group) is 1.